The van der Waals surface area contributed by atoms with Gasteiger partial charge in [0, 0.05) is 17.1 Å². The molecule has 0 saturated carbocycles. The first-order valence-corrected chi connectivity index (χ1v) is 8.85. The molecule has 4 nitrogen and oxygen atoms in total. The van der Waals surface area contributed by atoms with E-state index < -0.39 is 12.0 Å². The van der Waals surface area contributed by atoms with Gasteiger partial charge >= 0.3 is 5.97 Å². The molecule has 1 aliphatic heterocycles. The van der Waals surface area contributed by atoms with Gasteiger partial charge in [-0.05, 0) is 49.6 Å². The predicted octanol–water partition coefficient (Wildman–Crippen LogP) is 4.28. The number of rotatable bonds is 6. The minimum Gasteiger partial charge on any atom is -0.488 e. The second kappa shape index (κ2) is 7.89. The second-order valence-corrected chi connectivity index (χ2v) is 6.89. The van der Waals surface area contributed by atoms with Crippen LogP contribution in [0.2, 0.25) is 5.02 Å². The fourth-order valence-electron chi connectivity index (χ4n) is 3.37. The summed E-state index contributed by atoms with van der Waals surface area (Å²) in [4.78, 5) is 13.4. The third kappa shape index (κ3) is 4.33. The number of carboxylic acids is 1. The van der Waals surface area contributed by atoms with E-state index >= 15 is 0 Å². The maximum atomic E-state index is 11.4. The molecule has 2 aromatic rings. The van der Waals surface area contributed by atoms with Gasteiger partial charge in [0.25, 0.3) is 0 Å². The van der Waals surface area contributed by atoms with Gasteiger partial charge in [0.2, 0.25) is 0 Å². The van der Waals surface area contributed by atoms with E-state index in [1.54, 1.807) is 0 Å². The van der Waals surface area contributed by atoms with Gasteiger partial charge in [-0.25, -0.2) is 0 Å². The number of carbonyl (C=O) groups is 1. The van der Waals surface area contributed by atoms with Crippen molar-refractivity contribution in [2.45, 2.75) is 39.0 Å². The molecule has 1 unspecified atom stereocenters. The highest BCUT2D eigenvalue weighted by Gasteiger charge is 2.31. The lowest BCUT2D eigenvalue weighted by atomic mass is 10.1. The zero-order chi connectivity index (χ0) is 17.8. The number of nitrogens with zero attached hydrogens (tertiary/aromatic N) is 1. The minimum absolute atomic E-state index is 0.429. The average molecular weight is 360 g/mol. The molecule has 1 saturated heterocycles. The van der Waals surface area contributed by atoms with Crippen LogP contribution in [0.5, 0.6) is 5.75 Å². The van der Waals surface area contributed by atoms with Crippen LogP contribution in [0.3, 0.4) is 0 Å². The number of aliphatic carboxylic acids is 1. The standard InChI is InChI=1S/C20H22ClNO3/c1-14-10-17(21)11-16(12-22-9-5-8-18(22)20(23)24)19(14)25-13-15-6-3-2-4-7-15/h2-4,6-7,10-11,18H,5,8-9,12-13H2,1H3,(H,23,24). The number of carboxylic acid groups (broad SMARTS) is 1. The topological polar surface area (TPSA) is 49.8 Å². The molecule has 0 spiro atoms. The Morgan fingerprint density at radius 3 is 2.80 bits per heavy atom. The Morgan fingerprint density at radius 1 is 1.32 bits per heavy atom. The van der Waals surface area contributed by atoms with E-state index in [0.717, 1.165) is 35.4 Å². The molecule has 1 N–H and O–H groups in total. The van der Waals surface area contributed by atoms with Crippen LogP contribution in [-0.4, -0.2) is 28.6 Å². The summed E-state index contributed by atoms with van der Waals surface area (Å²) >= 11 is 6.23. The van der Waals surface area contributed by atoms with E-state index in [9.17, 15) is 9.90 Å². The van der Waals surface area contributed by atoms with Gasteiger partial charge in [0.05, 0.1) is 0 Å². The average Bonchev–Trinajstić information content (AvgIpc) is 3.03. The molecule has 1 heterocycles. The molecule has 0 aromatic heterocycles. The second-order valence-electron chi connectivity index (χ2n) is 6.45. The highest BCUT2D eigenvalue weighted by Crippen LogP contribution is 2.31. The van der Waals surface area contributed by atoms with Crippen molar-refractivity contribution < 1.29 is 14.6 Å². The van der Waals surface area contributed by atoms with Crippen molar-refractivity contribution in [1.29, 1.82) is 0 Å². The number of hydrogen-bond acceptors (Lipinski definition) is 3. The van der Waals surface area contributed by atoms with Crippen molar-refractivity contribution in [3.05, 3.63) is 64.2 Å². The zero-order valence-electron chi connectivity index (χ0n) is 14.2. The van der Waals surface area contributed by atoms with Crippen molar-refractivity contribution in [3.8, 4) is 5.75 Å². The fraction of sp³-hybridized carbons (Fsp3) is 0.350. The van der Waals surface area contributed by atoms with Crippen LogP contribution in [0.15, 0.2) is 42.5 Å². The lowest BCUT2D eigenvalue weighted by Gasteiger charge is -2.23. The van der Waals surface area contributed by atoms with Crippen LogP contribution >= 0.6 is 11.6 Å². The molecule has 25 heavy (non-hydrogen) atoms. The van der Waals surface area contributed by atoms with Crippen molar-refractivity contribution >= 4 is 17.6 Å². The van der Waals surface area contributed by atoms with Crippen molar-refractivity contribution in [1.82, 2.24) is 4.90 Å². The van der Waals surface area contributed by atoms with Gasteiger partial charge in [-0.15, -0.1) is 0 Å². The van der Waals surface area contributed by atoms with E-state index in [0.29, 0.717) is 24.6 Å². The van der Waals surface area contributed by atoms with Crippen LogP contribution in [0.4, 0.5) is 0 Å². The molecule has 0 amide bonds. The summed E-state index contributed by atoms with van der Waals surface area (Å²) in [6, 6.07) is 13.3. The maximum absolute atomic E-state index is 11.4. The summed E-state index contributed by atoms with van der Waals surface area (Å²) in [5.41, 5.74) is 2.99. The number of hydrogen-bond donors (Lipinski definition) is 1. The number of aryl methyl sites for hydroxylation is 1. The van der Waals surface area contributed by atoms with Crippen LogP contribution in [0.25, 0.3) is 0 Å². The summed E-state index contributed by atoms with van der Waals surface area (Å²) in [6.07, 6.45) is 1.59. The van der Waals surface area contributed by atoms with Crippen molar-refractivity contribution in [2.75, 3.05) is 6.54 Å². The largest absolute Gasteiger partial charge is 0.488 e. The Hall–Kier alpha value is -2.04. The summed E-state index contributed by atoms with van der Waals surface area (Å²) in [6.45, 7) is 3.75. The van der Waals surface area contributed by atoms with Gasteiger partial charge in [0.15, 0.2) is 0 Å². The van der Waals surface area contributed by atoms with Crippen molar-refractivity contribution in [2.24, 2.45) is 0 Å². The quantitative estimate of drug-likeness (QED) is 0.836. The highest BCUT2D eigenvalue weighted by atomic mass is 35.5. The summed E-state index contributed by atoms with van der Waals surface area (Å²) in [7, 11) is 0. The molecule has 0 aliphatic carbocycles. The molecule has 1 fully saturated rings. The molecule has 3 rings (SSSR count). The molecular formula is C20H22ClNO3. The smallest absolute Gasteiger partial charge is 0.320 e. The first kappa shape index (κ1) is 17.8. The molecule has 0 radical (unpaired) electrons. The Bertz CT molecular complexity index is 748. The van der Waals surface area contributed by atoms with Crippen LogP contribution in [-0.2, 0) is 17.9 Å². The lowest BCUT2D eigenvalue weighted by Crippen LogP contribution is -2.35. The van der Waals surface area contributed by atoms with Gasteiger partial charge < -0.3 is 9.84 Å². The Labute approximate surface area is 153 Å². The van der Waals surface area contributed by atoms with Crippen LogP contribution < -0.4 is 4.74 Å². The minimum atomic E-state index is -0.761. The molecular weight excluding hydrogens is 338 g/mol. The van der Waals surface area contributed by atoms with E-state index in [1.807, 2.05) is 54.3 Å². The maximum Gasteiger partial charge on any atom is 0.320 e. The normalized spacial score (nSPS) is 17.6. The molecule has 1 atom stereocenters. The fourth-order valence-corrected chi connectivity index (χ4v) is 3.66. The molecule has 1 aliphatic rings. The number of benzene rings is 2. The summed E-state index contributed by atoms with van der Waals surface area (Å²) < 4.78 is 6.08. The molecule has 132 valence electrons. The Balaban J connectivity index is 1.81. The molecule has 0 bridgehead atoms. The Morgan fingerprint density at radius 2 is 2.08 bits per heavy atom. The first-order valence-electron chi connectivity index (χ1n) is 8.47. The SMILES string of the molecule is Cc1cc(Cl)cc(CN2CCCC2C(=O)O)c1OCc1ccccc1. The number of halogens is 1. The first-order chi connectivity index (χ1) is 12.0. The van der Waals surface area contributed by atoms with E-state index in [1.165, 1.54) is 0 Å². The number of ether oxygens (including phenoxy) is 1. The Kier molecular flexibility index (Phi) is 5.61. The van der Waals surface area contributed by atoms with Crippen LogP contribution in [0, 0.1) is 6.92 Å². The van der Waals surface area contributed by atoms with Gasteiger partial charge in [0.1, 0.15) is 18.4 Å². The van der Waals surface area contributed by atoms with E-state index in [-0.39, 0.29) is 0 Å². The zero-order valence-corrected chi connectivity index (χ0v) is 15.0. The number of likely N-dealkylation sites (tertiary alicyclic amines) is 1. The van der Waals surface area contributed by atoms with E-state index in [4.69, 9.17) is 16.3 Å². The van der Waals surface area contributed by atoms with Gasteiger partial charge in [-0.3, -0.25) is 9.69 Å². The molecule has 2 aromatic carbocycles. The van der Waals surface area contributed by atoms with Crippen molar-refractivity contribution in [3.63, 3.8) is 0 Å². The third-order valence-corrected chi connectivity index (χ3v) is 4.78. The summed E-state index contributed by atoms with van der Waals surface area (Å²) in [5, 5.41) is 10.0. The highest BCUT2D eigenvalue weighted by molar-refractivity contribution is 6.30. The predicted molar refractivity (Wildman–Crippen MR) is 98.0 cm³/mol. The monoisotopic (exact) mass is 359 g/mol. The lowest BCUT2D eigenvalue weighted by molar-refractivity contribution is -0.142. The third-order valence-electron chi connectivity index (χ3n) is 4.56. The van der Waals surface area contributed by atoms with Crippen LogP contribution in [0.1, 0.15) is 29.5 Å². The summed E-state index contributed by atoms with van der Waals surface area (Å²) in [5.74, 6) is 0.0345. The van der Waals surface area contributed by atoms with Gasteiger partial charge in [-0.1, -0.05) is 41.9 Å². The van der Waals surface area contributed by atoms with Gasteiger partial charge in [-0.2, -0.15) is 0 Å². The molecule has 5 heteroatoms. The van der Waals surface area contributed by atoms with E-state index in [2.05, 4.69) is 0 Å².